The Bertz CT molecular complexity index is 607. The second kappa shape index (κ2) is 6.47. The second-order valence-electron chi connectivity index (χ2n) is 5.02. The maximum Gasteiger partial charge on any atom is 0.213 e. The van der Waals surface area contributed by atoms with Gasteiger partial charge in [0, 0.05) is 13.1 Å². The van der Waals surface area contributed by atoms with Crippen LogP contribution in [0.5, 0.6) is 0 Å². The summed E-state index contributed by atoms with van der Waals surface area (Å²) in [7, 11) is 1.90. The summed E-state index contributed by atoms with van der Waals surface area (Å²) < 4.78 is 5.50. The van der Waals surface area contributed by atoms with Crippen molar-refractivity contribution in [2.24, 2.45) is 4.99 Å². The summed E-state index contributed by atoms with van der Waals surface area (Å²) >= 11 is 0. The number of rotatable bonds is 3. The van der Waals surface area contributed by atoms with Gasteiger partial charge in [-0.2, -0.15) is 0 Å². The molecule has 4 nitrogen and oxygen atoms in total. The zero-order valence-corrected chi connectivity index (χ0v) is 12.6. The monoisotopic (exact) mass is 284 g/mol. The maximum atomic E-state index is 10.9. The van der Waals surface area contributed by atoms with Crippen LogP contribution in [-0.4, -0.2) is 36.2 Å². The van der Waals surface area contributed by atoms with E-state index in [-0.39, 0.29) is 0 Å². The first-order chi connectivity index (χ1) is 10.1. The van der Waals surface area contributed by atoms with Crippen LogP contribution in [-0.2, 0) is 10.3 Å². The van der Waals surface area contributed by atoms with Crippen molar-refractivity contribution in [3.8, 4) is 11.8 Å². The number of benzene rings is 1. The molecule has 1 unspecified atom stereocenters. The summed E-state index contributed by atoms with van der Waals surface area (Å²) in [6, 6.07) is 9.57. The third-order valence-corrected chi connectivity index (χ3v) is 3.41. The first-order valence-electron chi connectivity index (χ1n) is 6.83. The lowest BCUT2D eigenvalue weighted by Gasteiger charge is -2.35. The molecule has 1 atom stereocenters. The molecule has 0 aliphatic carbocycles. The van der Waals surface area contributed by atoms with Crippen LogP contribution in [0.15, 0.2) is 47.1 Å². The summed E-state index contributed by atoms with van der Waals surface area (Å²) in [5.41, 5.74) is 0.484. The standard InChI is InChI=1S/C17H20N2O2/c1-4-5-11-21-16-12-15(19(3)13-18-16)17(2,20)14-9-7-6-8-10-14/h6-10,12,20H,11,13H2,1-3H3. The largest absolute Gasteiger partial charge is 0.465 e. The number of ether oxygens (including phenoxy) is 1. The fourth-order valence-electron chi connectivity index (χ4n) is 2.22. The molecule has 1 aliphatic heterocycles. The molecule has 21 heavy (non-hydrogen) atoms. The molecular weight excluding hydrogens is 264 g/mol. The van der Waals surface area contributed by atoms with Gasteiger partial charge in [0.15, 0.2) is 6.61 Å². The Labute approximate surface area is 125 Å². The van der Waals surface area contributed by atoms with E-state index in [2.05, 4.69) is 16.8 Å². The van der Waals surface area contributed by atoms with Crippen LogP contribution in [0.2, 0.25) is 0 Å². The Kier molecular flexibility index (Phi) is 4.66. The number of hydrogen-bond acceptors (Lipinski definition) is 4. The van der Waals surface area contributed by atoms with Crippen molar-refractivity contribution in [1.29, 1.82) is 0 Å². The number of likely N-dealkylation sites (N-methyl/N-ethyl adjacent to an activating group) is 1. The van der Waals surface area contributed by atoms with Crippen molar-refractivity contribution >= 4 is 5.90 Å². The van der Waals surface area contributed by atoms with Gasteiger partial charge < -0.3 is 14.7 Å². The Morgan fingerprint density at radius 3 is 2.76 bits per heavy atom. The zero-order chi connectivity index (χ0) is 15.3. The van der Waals surface area contributed by atoms with Gasteiger partial charge >= 0.3 is 0 Å². The predicted molar refractivity (Wildman–Crippen MR) is 83.6 cm³/mol. The van der Waals surface area contributed by atoms with Crippen LogP contribution in [0.1, 0.15) is 19.4 Å². The molecule has 1 aliphatic rings. The van der Waals surface area contributed by atoms with Gasteiger partial charge in [-0.1, -0.05) is 36.3 Å². The fourth-order valence-corrected chi connectivity index (χ4v) is 2.22. The molecule has 0 amide bonds. The molecule has 1 aromatic carbocycles. The van der Waals surface area contributed by atoms with Gasteiger partial charge in [-0.3, -0.25) is 0 Å². The van der Waals surface area contributed by atoms with E-state index in [1.807, 2.05) is 42.3 Å². The van der Waals surface area contributed by atoms with Gasteiger partial charge in [0.05, 0.1) is 5.70 Å². The van der Waals surface area contributed by atoms with Gasteiger partial charge in [-0.25, -0.2) is 4.99 Å². The van der Waals surface area contributed by atoms with Crippen molar-refractivity contribution < 1.29 is 9.84 Å². The van der Waals surface area contributed by atoms with Gasteiger partial charge in [0.1, 0.15) is 12.3 Å². The molecule has 1 N–H and O–H groups in total. The van der Waals surface area contributed by atoms with Gasteiger partial charge in [0.2, 0.25) is 5.90 Å². The Hall–Kier alpha value is -2.25. The zero-order valence-electron chi connectivity index (χ0n) is 12.6. The Morgan fingerprint density at radius 1 is 1.38 bits per heavy atom. The summed E-state index contributed by atoms with van der Waals surface area (Å²) in [6.45, 7) is 4.29. The number of aliphatic hydroxyl groups is 1. The SMILES string of the molecule is CC#CCOC1=NCN(C)C(C(C)(O)c2ccccc2)=C1. The molecule has 2 rings (SSSR count). The van der Waals surface area contributed by atoms with Crippen LogP contribution in [0, 0.1) is 11.8 Å². The molecule has 0 saturated carbocycles. The quantitative estimate of drug-likeness (QED) is 0.865. The molecular formula is C17H20N2O2. The third kappa shape index (κ3) is 3.45. The van der Waals surface area contributed by atoms with Crippen molar-refractivity contribution in [3.05, 3.63) is 47.7 Å². The topological polar surface area (TPSA) is 45.1 Å². The van der Waals surface area contributed by atoms with Gasteiger partial charge in [0.25, 0.3) is 0 Å². The highest BCUT2D eigenvalue weighted by atomic mass is 16.5. The lowest BCUT2D eigenvalue weighted by Crippen LogP contribution is -2.37. The number of nitrogens with zero attached hydrogens (tertiary/aromatic N) is 2. The molecule has 1 heterocycles. The average Bonchev–Trinajstić information content (AvgIpc) is 2.50. The van der Waals surface area contributed by atoms with E-state index in [1.165, 1.54) is 0 Å². The van der Waals surface area contributed by atoms with E-state index in [0.717, 1.165) is 11.3 Å². The van der Waals surface area contributed by atoms with Crippen LogP contribution in [0.3, 0.4) is 0 Å². The smallest absolute Gasteiger partial charge is 0.213 e. The lowest BCUT2D eigenvalue weighted by molar-refractivity contribution is 0.0660. The first-order valence-corrected chi connectivity index (χ1v) is 6.83. The molecule has 4 heteroatoms. The third-order valence-electron chi connectivity index (χ3n) is 3.41. The van der Waals surface area contributed by atoms with E-state index in [4.69, 9.17) is 4.74 Å². The molecule has 1 aromatic rings. The highest BCUT2D eigenvalue weighted by Crippen LogP contribution is 2.31. The number of aliphatic imine (C=N–C) groups is 1. The minimum atomic E-state index is -1.10. The summed E-state index contributed by atoms with van der Waals surface area (Å²) in [6.07, 6.45) is 1.77. The molecule has 0 bridgehead atoms. The predicted octanol–water partition coefficient (Wildman–Crippen LogP) is 2.12. The minimum Gasteiger partial charge on any atom is -0.465 e. The molecule has 0 aromatic heterocycles. The van der Waals surface area contributed by atoms with Crippen LogP contribution in [0.25, 0.3) is 0 Å². The minimum absolute atomic E-state index is 0.302. The molecule has 110 valence electrons. The van der Waals surface area contributed by atoms with Crippen LogP contribution >= 0.6 is 0 Å². The first kappa shape index (κ1) is 15.1. The van der Waals surface area contributed by atoms with E-state index in [1.54, 1.807) is 19.9 Å². The summed E-state index contributed by atoms with van der Waals surface area (Å²) in [4.78, 5) is 6.21. The van der Waals surface area contributed by atoms with Crippen LogP contribution < -0.4 is 0 Å². The van der Waals surface area contributed by atoms with Crippen molar-refractivity contribution in [3.63, 3.8) is 0 Å². The van der Waals surface area contributed by atoms with E-state index in [0.29, 0.717) is 19.2 Å². The molecule has 0 radical (unpaired) electrons. The summed E-state index contributed by atoms with van der Waals surface area (Å²) in [5.74, 6) is 6.11. The fraction of sp³-hybridized carbons (Fsp3) is 0.353. The van der Waals surface area contributed by atoms with Gasteiger partial charge in [-0.05, 0) is 19.4 Å². The van der Waals surface area contributed by atoms with Crippen molar-refractivity contribution in [2.75, 3.05) is 20.3 Å². The Morgan fingerprint density at radius 2 is 2.10 bits per heavy atom. The van der Waals surface area contributed by atoms with E-state index >= 15 is 0 Å². The highest BCUT2D eigenvalue weighted by Gasteiger charge is 2.32. The second-order valence-corrected chi connectivity index (χ2v) is 5.02. The molecule has 0 spiro atoms. The van der Waals surface area contributed by atoms with E-state index < -0.39 is 5.60 Å². The normalized spacial score (nSPS) is 17.0. The summed E-state index contributed by atoms with van der Waals surface area (Å²) in [5, 5.41) is 10.9. The maximum absolute atomic E-state index is 10.9. The van der Waals surface area contributed by atoms with E-state index in [9.17, 15) is 5.11 Å². The van der Waals surface area contributed by atoms with Crippen LogP contribution in [0.4, 0.5) is 0 Å². The Balaban J connectivity index is 2.26. The van der Waals surface area contributed by atoms with Gasteiger partial charge in [-0.15, -0.1) is 5.92 Å². The molecule has 0 saturated heterocycles. The number of hydrogen-bond donors (Lipinski definition) is 1. The van der Waals surface area contributed by atoms with Crippen molar-refractivity contribution in [1.82, 2.24) is 4.90 Å². The van der Waals surface area contributed by atoms with Crippen molar-refractivity contribution in [2.45, 2.75) is 19.4 Å². The highest BCUT2D eigenvalue weighted by molar-refractivity contribution is 5.89. The molecule has 0 fully saturated rings. The average molecular weight is 284 g/mol. The lowest BCUT2D eigenvalue weighted by atomic mass is 9.91.